The molecule has 0 aromatic rings. The van der Waals surface area contributed by atoms with Crippen LogP contribution in [0.1, 0.15) is 77.6 Å². The minimum atomic E-state index is 0.796. The molecule has 1 saturated carbocycles. The first-order valence-electron chi connectivity index (χ1n) is 7.54. The Morgan fingerprint density at radius 1 is 1.06 bits per heavy atom. The van der Waals surface area contributed by atoms with Gasteiger partial charge >= 0.3 is 0 Å². The lowest BCUT2D eigenvalue weighted by atomic mass is 9.95. The van der Waals surface area contributed by atoms with Gasteiger partial charge in [-0.1, -0.05) is 64.7 Å². The van der Waals surface area contributed by atoms with Crippen LogP contribution in [0.25, 0.3) is 0 Å². The maximum Gasteiger partial charge on any atom is 0.00667 e. The van der Waals surface area contributed by atoms with Crippen LogP contribution >= 0.6 is 0 Å². The second kappa shape index (κ2) is 9.04. The Kier molecular flexibility index (Phi) is 7.92. The van der Waals surface area contributed by atoms with Gasteiger partial charge in [0, 0.05) is 6.04 Å². The monoisotopic (exact) mass is 225 g/mol. The highest BCUT2D eigenvalue weighted by Gasteiger charge is 2.18. The quantitative estimate of drug-likeness (QED) is 0.569. The minimum absolute atomic E-state index is 0.796. The first-order valence-corrected chi connectivity index (χ1v) is 7.54. The molecule has 1 fully saturated rings. The third kappa shape index (κ3) is 5.89. The lowest BCUT2D eigenvalue weighted by molar-refractivity contribution is 0.377. The van der Waals surface area contributed by atoms with Crippen LogP contribution in [0, 0.1) is 5.92 Å². The molecule has 0 radical (unpaired) electrons. The van der Waals surface area contributed by atoms with Crippen LogP contribution in [0.3, 0.4) is 0 Å². The lowest BCUT2D eigenvalue weighted by Gasteiger charge is -2.19. The van der Waals surface area contributed by atoms with E-state index in [4.69, 9.17) is 0 Å². The van der Waals surface area contributed by atoms with Crippen molar-refractivity contribution in [3.8, 4) is 0 Å². The van der Waals surface area contributed by atoms with E-state index in [9.17, 15) is 0 Å². The highest BCUT2D eigenvalue weighted by atomic mass is 14.9. The first-order chi connectivity index (χ1) is 7.86. The van der Waals surface area contributed by atoms with Gasteiger partial charge in [0.1, 0.15) is 0 Å². The largest absolute Gasteiger partial charge is 0.317 e. The summed E-state index contributed by atoms with van der Waals surface area (Å²) in [7, 11) is 2.14. The molecule has 1 nitrogen and oxygen atoms in total. The molecule has 16 heavy (non-hydrogen) atoms. The van der Waals surface area contributed by atoms with Crippen molar-refractivity contribution in [2.75, 3.05) is 7.05 Å². The molecule has 1 aliphatic rings. The fourth-order valence-corrected chi connectivity index (χ4v) is 3.02. The predicted molar refractivity (Wildman–Crippen MR) is 72.8 cm³/mol. The van der Waals surface area contributed by atoms with Gasteiger partial charge in [0.05, 0.1) is 0 Å². The third-order valence-corrected chi connectivity index (χ3v) is 4.16. The zero-order valence-electron chi connectivity index (χ0n) is 11.4. The molecule has 0 saturated heterocycles. The summed E-state index contributed by atoms with van der Waals surface area (Å²) in [5.41, 5.74) is 0. The Morgan fingerprint density at radius 2 is 1.75 bits per heavy atom. The van der Waals surface area contributed by atoms with Crippen LogP contribution in [0.4, 0.5) is 0 Å². The lowest BCUT2D eigenvalue weighted by Crippen LogP contribution is -2.27. The van der Waals surface area contributed by atoms with Gasteiger partial charge in [-0.25, -0.2) is 0 Å². The van der Waals surface area contributed by atoms with E-state index in [-0.39, 0.29) is 0 Å². The molecule has 0 aromatic heterocycles. The zero-order valence-corrected chi connectivity index (χ0v) is 11.4. The molecule has 0 amide bonds. The maximum atomic E-state index is 3.52. The van der Waals surface area contributed by atoms with Crippen molar-refractivity contribution in [1.29, 1.82) is 0 Å². The second-order valence-corrected chi connectivity index (χ2v) is 5.57. The summed E-state index contributed by atoms with van der Waals surface area (Å²) in [6.07, 6.45) is 15.9. The molecule has 0 aliphatic heterocycles. The van der Waals surface area contributed by atoms with Crippen molar-refractivity contribution in [1.82, 2.24) is 5.32 Å². The Bertz CT molecular complexity index is 150. The Balaban J connectivity index is 2.01. The van der Waals surface area contributed by atoms with Crippen molar-refractivity contribution < 1.29 is 0 Å². The molecule has 1 N–H and O–H groups in total. The minimum Gasteiger partial charge on any atom is -0.317 e. The molecule has 1 atom stereocenters. The smallest absolute Gasteiger partial charge is 0.00667 e. The van der Waals surface area contributed by atoms with Crippen LogP contribution in [0.5, 0.6) is 0 Å². The molecule has 96 valence electrons. The van der Waals surface area contributed by atoms with E-state index in [1.807, 2.05) is 0 Å². The van der Waals surface area contributed by atoms with E-state index >= 15 is 0 Å². The summed E-state index contributed by atoms with van der Waals surface area (Å²) in [6, 6.07) is 0.796. The Morgan fingerprint density at radius 3 is 2.38 bits per heavy atom. The van der Waals surface area contributed by atoms with Gasteiger partial charge in [-0.2, -0.15) is 0 Å². The fraction of sp³-hybridized carbons (Fsp3) is 1.00. The van der Waals surface area contributed by atoms with Crippen LogP contribution < -0.4 is 5.32 Å². The van der Waals surface area contributed by atoms with E-state index in [0.717, 1.165) is 12.0 Å². The Labute approximate surface area is 102 Å². The molecule has 1 rings (SSSR count). The van der Waals surface area contributed by atoms with Crippen molar-refractivity contribution in [3.05, 3.63) is 0 Å². The SMILES string of the molecule is CCCCCCCC(CC1CCCC1)NC. The van der Waals surface area contributed by atoms with Gasteiger partial charge in [0.2, 0.25) is 0 Å². The molecule has 0 bridgehead atoms. The first kappa shape index (κ1) is 14.0. The Hall–Kier alpha value is -0.0400. The maximum absolute atomic E-state index is 3.52. The average Bonchev–Trinajstić information content (AvgIpc) is 2.80. The number of hydrogen-bond acceptors (Lipinski definition) is 1. The number of hydrogen-bond donors (Lipinski definition) is 1. The summed E-state index contributed by atoms with van der Waals surface area (Å²) in [4.78, 5) is 0. The van der Waals surface area contributed by atoms with E-state index < -0.39 is 0 Å². The van der Waals surface area contributed by atoms with E-state index in [0.29, 0.717) is 0 Å². The molecular weight excluding hydrogens is 194 g/mol. The topological polar surface area (TPSA) is 12.0 Å². The number of nitrogens with one attached hydrogen (secondary N) is 1. The van der Waals surface area contributed by atoms with Gasteiger partial charge in [-0.15, -0.1) is 0 Å². The molecule has 0 aromatic carbocycles. The van der Waals surface area contributed by atoms with E-state index in [1.54, 1.807) is 0 Å². The summed E-state index contributed by atoms with van der Waals surface area (Å²) < 4.78 is 0. The van der Waals surface area contributed by atoms with Crippen molar-refractivity contribution >= 4 is 0 Å². The van der Waals surface area contributed by atoms with Crippen LogP contribution in [-0.4, -0.2) is 13.1 Å². The molecule has 0 heterocycles. The van der Waals surface area contributed by atoms with Crippen LogP contribution in [0.15, 0.2) is 0 Å². The standard InChI is InChI=1S/C15H31N/c1-3-4-5-6-7-12-15(16-2)13-14-10-8-9-11-14/h14-16H,3-13H2,1-2H3. The summed E-state index contributed by atoms with van der Waals surface area (Å²) in [6.45, 7) is 2.29. The number of unbranched alkanes of at least 4 members (excludes halogenated alkanes) is 4. The van der Waals surface area contributed by atoms with Gasteiger partial charge in [-0.05, 0) is 25.8 Å². The predicted octanol–water partition coefficient (Wildman–Crippen LogP) is 4.52. The molecule has 0 spiro atoms. The van der Waals surface area contributed by atoms with E-state index in [2.05, 4.69) is 19.3 Å². The normalized spacial score (nSPS) is 19.1. The summed E-state index contributed by atoms with van der Waals surface area (Å²) in [5, 5.41) is 3.52. The summed E-state index contributed by atoms with van der Waals surface area (Å²) in [5.74, 6) is 1.04. The van der Waals surface area contributed by atoms with Gasteiger partial charge < -0.3 is 5.32 Å². The number of rotatable bonds is 9. The highest BCUT2D eigenvalue weighted by Crippen LogP contribution is 2.29. The van der Waals surface area contributed by atoms with Gasteiger partial charge in [0.25, 0.3) is 0 Å². The van der Waals surface area contributed by atoms with Gasteiger partial charge in [0.15, 0.2) is 0 Å². The second-order valence-electron chi connectivity index (χ2n) is 5.57. The molecular formula is C15H31N. The van der Waals surface area contributed by atoms with Crippen molar-refractivity contribution in [2.45, 2.75) is 83.6 Å². The summed E-state index contributed by atoms with van der Waals surface area (Å²) >= 11 is 0. The zero-order chi connectivity index (χ0) is 11.6. The fourth-order valence-electron chi connectivity index (χ4n) is 3.02. The van der Waals surface area contributed by atoms with Crippen LogP contribution in [0.2, 0.25) is 0 Å². The average molecular weight is 225 g/mol. The van der Waals surface area contributed by atoms with Crippen molar-refractivity contribution in [2.24, 2.45) is 5.92 Å². The molecule has 1 unspecified atom stereocenters. The van der Waals surface area contributed by atoms with Crippen LogP contribution in [-0.2, 0) is 0 Å². The molecule has 1 heteroatoms. The van der Waals surface area contributed by atoms with Gasteiger partial charge in [-0.3, -0.25) is 0 Å². The highest BCUT2D eigenvalue weighted by molar-refractivity contribution is 4.74. The van der Waals surface area contributed by atoms with E-state index in [1.165, 1.54) is 70.6 Å². The molecule has 1 aliphatic carbocycles. The third-order valence-electron chi connectivity index (χ3n) is 4.16. The van der Waals surface area contributed by atoms with Crippen molar-refractivity contribution in [3.63, 3.8) is 0 Å².